The molecule has 0 unspecified atom stereocenters. The molecule has 0 radical (unpaired) electrons. The van der Waals surface area contributed by atoms with Crippen molar-refractivity contribution in [2.24, 2.45) is 0 Å². The second kappa shape index (κ2) is 7.20. The first-order valence-corrected chi connectivity index (χ1v) is 8.15. The van der Waals surface area contributed by atoms with Crippen molar-refractivity contribution >= 4 is 27.6 Å². The third-order valence-electron chi connectivity index (χ3n) is 2.95. The molecule has 7 nitrogen and oxygen atoms in total. The summed E-state index contributed by atoms with van der Waals surface area (Å²) >= 11 is 0. The molecule has 2 rings (SSSR count). The van der Waals surface area contributed by atoms with E-state index in [0.29, 0.717) is 0 Å². The van der Waals surface area contributed by atoms with Crippen LogP contribution in [0.2, 0.25) is 0 Å². The second-order valence-electron chi connectivity index (χ2n) is 4.68. The maximum atomic E-state index is 13.5. The fraction of sp³-hybridized carbons (Fsp3) is 0.0667. The topological polar surface area (TPSA) is 113 Å². The Hall–Kier alpha value is -2.78. The predicted molar refractivity (Wildman–Crippen MR) is 83.6 cm³/mol. The number of carboxylic acid groups (broad SMARTS) is 1. The minimum atomic E-state index is -3.96. The molecule has 0 aliphatic carbocycles. The molecule has 24 heavy (non-hydrogen) atoms. The number of carbonyl (C=O) groups is 2. The lowest BCUT2D eigenvalue weighted by atomic mass is 10.2. The number of benzene rings is 2. The zero-order valence-corrected chi connectivity index (χ0v) is 13.0. The molecule has 126 valence electrons. The van der Waals surface area contributed by atoms with Crippen molar-refractivity contribution in [3.05, 3.63) is 59.9 Å². The molecule has 0 saturated heterocycles. The summed E-state index contributed by atoms with van der Waals surface area (Å²) in [4.78, 5) is 22.2. The lowest BCUT2D eigenvalue weighted by Gasteiger charge is -2.08. The molecule has 2 aromatic rings. The van der Waals surface area contributed by atoms with Gasteiger partial charge in [-0.05, 0) is 36.4 Å². The molecule has 0 fully saturated rings. The number of hydrogen-bond acceptors (Lipinski definition) is 4. The zero-order valence-electron chi connectivity index (χ0n) is 12.2. The Kier molecular flexibility index (Phi) is 5.27. The Morgan fingerprint density at radius 1 is 1.04 bits per heavy atom. The van der Waals surface area contributed by atoms with Crippen molar-refractivity contribution in [3.8, 4) is 0 Å². The van der Waals surface area contributed by atoms with Gasteiger partial charge in [-0.1, -0.05) is 12.1 Å². The SMILES string of the molecule is O=C(O)CNS(=O)(=O)c1ccc(NC(=O)c2ccccc2F)cc1. The predicted octanol–water partition coefficient (Wildman–Crippen LogP) is 1.44. The molecule has 2 aromatic carbocycles. The number of hydrogen-bond donors (Lipinski definition) is 3. The van der Waals surface area contributed by atoms with Crippen LogP contribution in [0, 0.1) is 5.82 Å². The third-order valence-corrected chi connectivity index (χ3v) is 4.37. The maximum absolute atomic E-state index is 13.5. The number of amides is 1. The van der Waals surface area contributed by atoms with Gasteiger partial charge in [0.05, 0.1) is 10.5 Å². The van der Waals surface area contributed by atoms with E-state index in [0.717, 1.165) is 6.07 Å². The summed E-state index contributed by atoms with van der Waals surface area (Å²) in [5.74, 6) is -2.66. The molecule has 0 bridgehead atoms. The molecule has 9 heteroatoms. The lowest BCUT2D eigenvalue weighted by molar-refractivity contribution is -0.135. The highest BCUT2D eigenvalue weighted by Crippen LogP contribution is 2.16. The highest BCUT2D eigenvalue weighted by molar-refractivity contribution is 7.89. The van der Waals surface area contributed by atoms with E-state index in [4.69, 9.17) is 5.11 Å². The van der Waals surface area contributed by atoms with Crippen molar-refractivity contribution in [2.75, 3.05) is 11.9 Å². The molecular formula is C15H13FN2O5S. The van der Waals surface area contributed by atoms with Gasteiger partial charge in [-0.3, -0.25) is 9.59 Å². The Balaban J connectivity index is 2.11. The summed E-state index contributed by atoms with van der Waals surface area (Å²) in [6.45, 7) is -0.742. The van der Waals surface area contributed by atoms with Crippen molar-refractivity contribution in [1.29, 1.82) is 0 Å². The van der Waals surface area contributed by atoms with Gasteiger partial charge in [0.15, 0.2) is 0 Å². The summed E-state index contributed by atoms with van der Waals surface area (Å²) < 4.78 is 39.1. The van der Waals surface area contributed by atoms with Crippen LogP contribution >= 0.6 is 0 Å². The zero-order chi connectivity index (χ0) is 17.7. The number of carboxylic acids is 1. The van der Waals surface area contributed by atoms with E-state index in [1.54, 1.807) is 0 Å². The van der Waals surface area contributed by atoms with E-state index >= 15 is 0 Å². The van der Waals surface area contributed by atoms with Gasteiger partial charge in [-0.15, -0.1) is 0 Å². The van der Waals surface area contributed by atoms with E-state index in [1.165, 1.54) is 42.5 Å². The van der Waals surface area contributed by atoms with Crippen molar-refractivity contribution in [1.82, 2.24) is 4.72 Å². The van der Waals surface area contributed by atoms with Crippen LogP contribution in [0.15, 0.2) is 53.4 Å². The molecule has 1 amide bonds. The first kappa shape index (κ1) is 17.6. The number of aliphatic carboxylic acids is 1. The normalized spacial score (nSPS) is 11.0. The van der Waals surface area contributed by atoms with E-state index in [2.05, 4.69) is 5.32 Å². The van der Waals surface area contributed by atoms with Crippen molar-refractivity contribution in [3.63, 3.8) is 0 Å². The molecule has 0 heterocycles. The highest BCUT2D eigenvalue weighted by Gasteiger charge is 2.16. The van der Waals surface area contributed by atoms with E-state index in [-0.39, 0.29) is 16.1 Å². The molecule has 0 aliphatic rings. The van der Waals surface area contributed by atoms with Gasteiger partial charge in [0.25, 0.3) is 5.91 Å². The van der Waals surface area contributed by atoms with Crippen LogP contribution in [-0.4, -0.2) is 31.9 Å². The highest BCUT2D eigenvalue weighted by atomic mass is 32.2. The lowest BCUT2D eigenvalue weighted by Crippen LogP contribution is -2.29. The first-order chi connectivity index (χ1) is 11.3. The van der Waals surface area contributed by atoms with Gasteiger partial charge in [0.2, 0.25) is 10.0 Å². The number of halogens is 1. The smallest absolute Gasteiger partial charge is 0.318 e. The van der Waals surface area contributed by atoms with Crippen molar-refractivity contribution in [2.45, 2.75) is 4.90 Å². The molecule has 0 spiro atoms. The van der Waals surface area contributed by atoms with E-state index in [1.807, 2.05) is 4.72 Å². The average Bonchev–Trinajstić information content (AvgIpc) is 2.54. The fourth-order valence-electron chi connectivity index (χ4n) is 1.80. The van der Waals surface area contributed by atoms with Gasteiger partial charge in [0, 0.05) is 5.69 Å². The van der Waals surface area contributed by atoms with Gasteiger partial charge in [-0.2, -0.15) is 4.72 Å². The second-order valence-corrected chi connectivity index (χ2v) is 6.44. The van der Waals surface area contributed by atoms with Gasteiger partial charge in [0.1, 0.15) is 12.4 Å². The van der Waals surface area contributed by atoms with Crippen LogP contribution in [0.1, 0.15) is 10.4 Å². The fourth-order valence-corrected chi connectivity index (χ4v) is 2.78. The largest absolute Gasteiger partial charge is 0.480 e. The number of anilines is 1. The minimum absolute atomic E-state index is 0.141. The van der Waals surface area contributed by atoms with E-state index in [9.17, 15) is 22.4 Å². The summed E-state index contributed by atoms with van der Waals surface area (Å²) in [7, 11) is -3.96. The van der Waals surface area contributed by atoms with Crippen molar-refractivity contribution < 1.29 is 27.5 Å². The summed E-state index contributed by atoms with van der Waals surface area (Å²) in [6, 6.07) is 10.5. The summed E-state index contributed by atoms with van der Waals surface area (Å²) in [5, 5.41) is 10.9. The Morgan fingerprint density at radius 3 is 2.25 bits per heavy atom. The number of nitrogens with one attached hydrogen (secondary N) is 2. The van der Waals surface area contributed by atoms with Gasteiger partial charge >= 0.3 is 5.97 Å². The molecule has 0 atom stereocenters. The Labute approximate surface area is 137 Å². The monoisotopic (exact) mass is 352 g/mol. The molecular weight excluding hydrogens is 339 g/mol. The third kappa shape index (κ3) is 4.37. The summed E-state index contributed by atoms with van der Waals surface area (Å²) in [6.07, 6.45) is 0. The maximum Gasteiger partial charge on any atom is 0.318 e. The van der Waals surface area contributed by atoms with Crippen LogP contribution in [-0.2, 0) is 14.8 Å². The van der Waals surface area contributed by atoms with Gasteiger partial charge < -0.3 is 10.4 Å². The van der Waals surface area contributed by atoms with Crippen LogP contribution in [0.5, 0.6) is 0 Å². The Morgan fingerprint density at radius 2 is 1.67 bits per heavy atom. The standard InChI is InChI=1S/C15H13FN2O5S/c16-13-4-2-1-3-12(13)15(21)18-10-5-7-11(8-6-10)24(22,23)17-9-14(19)20/h1-8,17H,9H2,(H,18,21)(H,19,20). The Bertz CT molecular complexity index is 866. The minimum Gasteiger partial charge on any atom is -0.480 e. The van der Waals surface area contributed by atoms with Crippen LogP contribution in [0.25, 0.3) is 0 Å². The average molecular weight is 352 g/mol. The van der Waals surface area contributed by atoms with Crippen LogP contribution in [0.4, 0.5) is 10.1 Å². The number of rotatable bonds is 6. The molecule has 0 aromatic heterocycles. The number of carbonyl (C=O) groups excluding carboxylic acids is 1. The van der Waals surface area contributed by atoms with Crippen LogP contribution in [0.3, 0.4) is 0 Å². The quantitative estimate of drug-likeness (QED) is 0.728. The van der Waals surface area contributed by atoms with Crippen LogP contribution < -0.4 is 10.0 Å². The molecule has 0 saturated carbocycles. The summed E-state index contributed by atoms with van der Waals surface area (Å²) in [5.41, 5.74) is 0.123. The van der Waals surface area contributed by atoms with E-state index < -0.39 is 34.3 Å². The number of sulfonamides is 1. The molecule has 3 N–H and O–H groups in total. The van der Waals surface area contributed by atoms with Gasteiger partial charge in [-0.25, -0.2) is 12.8 Å². The molecule has 0 aliphatic heterocycles. The first-order valence-electron chi connectivity index (χ1n) is 6.67.